The standard InChI is InChI=1S/C18H20N2O3/c1-11(2)14-7-8-16(19-10-14)17(21)20-15-6-4-5-13(9-15)12(3)18(22)23/h4-12H,1-3H3,(H,20,21)(H,22,23). The van der Waals surface area contributed by atoms with Gasteiger partial charge in [-0.1, -0.05) is 32.0 Å². The molecule has 0 bridgehead atoms. The van der Waals surface area contributed by atoms with Crippen LogP contribution in [0, 0.1) is 0 Å². The van der Waals surface area contributed by atoms with Gasteiger partial charge in [0, 0.05) is 11.9 Å². The van der Waals surface area contributed by atoms with Crippen LogP contribution in [0.4, 0.5) is 5.69 Å². The number of anilines is 1. The molecule has 5 heteroatoms. The van der Waals surface area contributed by atoms with Gasteiger partial charge in [-0.3, -0.25) is 14.6 Å². The SMILES string of the molecule is CC(C)c1ccc(C(=O)Nc2cccc(C(C)C(=O)O)c2)nc1. The average Bonchev–Trinajstić information content (AvgIpc) is 2.54. The first kappa shape index (κ1) is 16.7. The number of benzene rings is 1. The number of nitrogens with zero attached hydrogens (tertiary/aromatic N) is 1. The summed E-state index contributed by atoms with van der Waals surface area (Å²) >= 11 is 0. The number of aliphatic carboxylic acids is 1. The van der Waals surface area contributed by atoms with Crippen molar-refractivity contribution in [1.29, 1.82) is 0 Å². The second-order valence-corrected chi connectivity index (χ2v) is 5.77. The first-order chi connectivity index (χ1) is 10.9. The van der Waals surface area contributed by atoms with Crippen LogP contribution >= 0.6 is 0 Å². The van der Waals surface area contributed by atoms with Crippen LogP contribution in [0.5, 0.6) is 0 Å². The molecule has 0 saturated carbocycles. The minimum Gasteiger partial charge on any atom is -0.481 e. The average molecular weight is 312 g/mol. The van der Waals surface area contributed by atoms with Crippen molar-refractivity contribution in [1.82, 2.24) is 4.98 Å². The van der Waals surface area contributed by atoms with Crippen molar-refractivity contribution in [3.05, 3.63) is 59.4 Å². The Kier molecular flexibility index (Phi) is 5.11. The van der Waals surface area contributed by atoms with E-state index in [1.54, 1.807) is 43.5 Å². The molecule has 2 aromatic rings. The lowest BCUT2D eigenvalue weighted by Crippen LogP contribution is -2.14. The van der Waals surface area contributed by atoms with Gasteiger partial charge in [-0.25, -0.2) is 0 Å². The third-order valence-electron chi connectivity index (χ3n) is 3.70. The number of carboxylic acid groups (broad SMARTS) is 1. The molecule has 0 spiro atoms. The summed E-state index contributed by atoms with van der Waals surface area (Å²) in [5.74, 6) is -1.50. The van der Waals surface area contributed by atoms with Gasteiger partial charge in [0.2, 0.25) is 0 Å². The van der Waals surface area contributed by atoms with E-state index in [1.165, 1.54) is 0 Å². The van der Waals surface area contributed by atoms with Crippen LogP contribution < -0.4 is 5.32 Å². The predicted molar refractivity (Wildman–Crippen MR) is 88.8 cm³/mol. The topological polar surface area (TPSA) is 79.3 Å². The van der Waals surface area contributed by atoms with E-state index in [0.29, 0.717) is 22.9 Å². The molecule has 0 aliphatic carbocycles. The highest BCUT2D eigenvalue weighted by molar-refractivity contribution is 6.02. The Bertz CT molecular complexity index is 708. The Hall–Kier alpha value is -2.69. The maximum Gasteiger partial charge on any atom is 0.310 e. The summed E-state index contributed by atoms with van der Waals surface area (Å²) in [6.45, 7) is 5.73. The lowest BCUT2D eigenvalue weighted by molar-refractivity contribution is -0.138. The molecule has 5 nitrogen and oxygen atoms in total. The third-order valence-corrected chi connectivity index (χ3v) is 3.70. The van der Waals surface area contributed by atoms with Gasteiger partial charge >= 0.3 is 5.97 Å². The van der Waals surface area contributed by atoms with Gasteiger partial charge in [-0.05, 0) is 42.2 Å². The first-order valence-corrected chi connectivity index (χ1v) is 7.48. The summed E-state index contributed by atoms with van der Waals surface area (Å²) in [6.07, 6.45) is 1.70. The molecule has 0 aliphatic rings. The fourth-order valence-electron chi connectivity index (χ4n) is 2.10. The van der Waals surface area contributed by atoms with Crippen LogP contribution in [0.1, 0.15) is 54.2 Å². The molecule has 1 heterocycles. The third kappa shape index (κ3) is 4.16. The molecule has 1 amide bonds. The lowest BCUT2D eigenvalue weighted by atomic mass is 10.0. The van der Waals surface area contributed by atoms with Gasteiger partial charge in [-0.15, -0.1) is 0 Å². The quantitative estimate of drug-likeness (QED) is 0.883. The summed E-state index contributed by atoms with van der Waals surface area (Å²) in [7, 11) is 0. The second kappa shape index (κ2) is 7.05. The maximum atomic E-state index is 12.2. The van der Waals surface area contributed by atoms with Crippen LogP contribution in [-0.4, -0.2) is 22.0 Å². The highest BCUT2D eigenvalue weighted by Gasteiger charge is 2.15. The summed E-state index contributed by atoms with van der Waals surface area (Å²) < 4.78 is 0. The number of nitrogens with one attached hydrogen (secondary N) is 1. The highest BCUT2D eigenvalue weighted by Crippen LogP contribution is 2.20. The fraction of sp³-hybridized carbons (Fsp3) is 0.278. The van der Waals surface area contributed by atoms with Crippen molar-refractivity contribution in [2.45, 2.75) is 32.6 Å². The molecule has 0 fully saturated rings. The Morgan fingerprint density at radius 2 is 1.83 bits per heavy atom. The van der Waals surface area contributed by atoms with Crippen LogP contribution in [0.3, 0.4) is 0 Å². The monoisotopic (exact) mass is 312 g/mol. The highest BCUT2D eigenvalue weighted by atomic mass is 16.4. The van der Waals surface area contributed by atoms with Crippen molar-refractivity contribution in [2.24, 2.45) is 0 Å². The summed E-state index contributed by atoms with van der Waals surface area (Å²) in [6, 6.07) is 10.4. The van der Waals surface area contributed by atoms with E-state index in [2.05, 4.69) is 24.1 Å². The van der Waals surface area contributed by atoms with Gasteiger partial charge in [0.05, 0.1) is 5.92 Å². The zero-order chi connectivity index (χ0) is 17.0. The number of carbonyl (C=O) groups excluding carboxylic acids is 1. The lowest BCUT2D eigenvalue weighted by Gasteiger charge is -2.10. The van der Waals surface area contributed by atoms with E-state index in [-0.39, 0.29) is 5.91 Å². The zero-order valence-corrected chi connectivity index (χ0v) is 13.4. The number of hydrogen-bond acceptors (Lipinski definition) is 3. The second-order valence-electron chi connectivity index (χ2n) is 5.77. The smallest absolute Gasteiger partial charge is 0.310 e. The zero-order valence-electron chi connectivity index (χ0n) is 13.4. The van der Waals surface area contributed by atoms with Crippen LogP contribution in [0.15, 0.2) is 42.6 Å². The van der Waals surface area contributed by atoms with E-state index < -0.39 is 11.9 Å². The first-order valence-electron chi connectivity index (χ1n) is 7.48. The van der Waals surface area contributed by atoms with Crippen LogP contribution in [0.25, 0.3) is 0 Å². The molecule has 120 valence electrons. The number of amides is 1. The number of hydrogen-bond donors (Lipinski definition) is 2. The van der Waals surface area contributed by atoms with Crippen molar-refractivity contribution >= 4 is 17.6 Å². The summed E-state index contributed by atoms with van der Waals surface area (Å²) in [4.78, 5) is 27.4. The molecule has 0 saturated heterocycles. The van der Waals surface area contributed by atoms with E-state index >= 15 is 0 Å². The number of carboxylic acids is 1. The normalized spacial score (nSPS) is 12.0. The van der Waals surface area contributed by atoms with E-state index in [9.17, 15) is 9.59 Å². The Labute approximate surface area is 135 Å². The molecular formula is C18H20N2O3. The molecule has 1 aromatic heterocycles. The molecule has 0 radical (unpaired) electrons. The molecule has 1 atom stereocenters. The van der Waals surface area contributed by atoms with E-state index in [4.69, 9.17) is 5.11 Å². The van der Waals surface area contributed by atoms with Crippen LogP contribution in [-0.2, 0) is 4.79 Å². The molecular weight excluding hydrogens is 292 g/mol. The van der Waals surface area contributed by atoms with Gasteiger partial charge in [-0.2, -0.15) is 0 Å². The summed E-state index contributed by atoms with van der Waals surface area (Å²) in [5, 5.41) is 11.8. The predicted octanol–water partition coefficient (Wildman–Crippen LogP) is 3.65. The molecule has 1 unspecified atom stereocenters. The van der Waals surface area contributed by atoms with Crippen LogP contribution in [0.2, 0.25) is 0 Å². The van der Waals surface area contributed by atoms with Crippen molar-refractivity contribution in [3.8, 4) is 0 Å². The van der Waals surface area contributed by atoms with Gasteiger partial charge in [0.25, 0.3) is 5.91 Å². The maximum absolute atomic E-state index is 12.2. The molecule has 2 N–H and O–H groups in total. The van der Waals surface area contributed by atoms with Gasteiger partial charge in [0.15, 0.2) is 0 Å². The van der Waals surface area contributed by atoms with Gasteiger partial charge in [0.1, 0.15) is 5.69 Å². The number of rotatable bonds is 5. The van der Waals surface area contributed by atoms with E-state index in [0.717, 1.165) is 5.56 Å². The molecule has 2 rings (SSSR count). The Balaban J connectivity index is 2.14. The van der Waals surface area contributed by atoms with Crippen molar-refractivity contribution in [3.63, 3.8) is 0 Å². The Morgan fingerprint density at radius 3 is 2.39 bits per heavy atom. The minimum atomic E-state index is -0.903. The largest absolute Gasteiger partial charge is 0.481 e. The fourth-order valence-corrected chi connectivity index (χ4v) is 2.10. The van der Waals surface area contributed by atoms with E-state index in [1.807, 2.05) is 6.07 Å². The Morgan fingerprint density at radius 1 is 1.09 bits per heavy atom. The number of pyridine rings is 1. The summed E-state index contributed by atoms with van der Waals surface area (Å²) in [5.41, 5.74) is 2.58. The number of carbonyl (C=O) groups is 2. The number of aromatic nitrogens is 1. The minimum absolute atomic E-state index is 0.319. The molecule has 0 aliphatic heterocycles. The molecule has 23 heavy (non-hydrogen) atoms. The van der Waals surface area contributed by atoms with Gasteiger partial charge < -0.3 is 10.4 Å². The molecule has 1 aromatic carbocycles. The van der Waals surface area contributed by atoms with Crippen molar-refractivity contribution in [2.75, 3.05) is 5.32 Å². The van der Waals surface area contributed by atoms with Crippen molar-refractivity contribution < 1.29 is 14.7 Å².